The molecular formula is C15H5F5O3. The first-order chi connectivity index (χ1) is 10.8. The van der Waals surface area contributed by atoms with Crippen molar-refractivity contribution < 1.29 is 36.3 Å². The largest absolute Gasteiger partial charge is 0.298 e. The first-order valence-electron chi connectivity index (χ1n) is 5.94. The Bertz CT molecular complexity index is 816. The quantitative estimate of drug-likeness (QED) is 0.375. The molecule has 0 saturated heterocycles. The van der Waals surface area contributed by atoms with Gasteiger partial charge >= 0.3 is 0 Å². The van der Waals surface area contributed by atoms with Gasteiger partial charge in [0.2, 0.25) is 5.78 Å². The van der Waals surface area contributed by atoms with Gasteiger partial charge in [0.05, 0.1) is 16.7 Å². The van der Waals surface area contributed by atoms with Gasteiger partial charge in [-0.3, -0.25) is 14.4 Å². The van der Waals surface area contributed by atoms with Crippen LogP contribution in [0.3, 0.4) is 0 Å². The Balaban J connectivity index is 2.75. The Morgan fingerprint density at radius 1 is 0.783 bits per heavy atom. The van der Waals surface area contributed by atoms with Crippen molar-refractivity contribution in [3.63, 3.8) is 0 Å². The molecule has 0 aliphatic carbocycles. The number of ketones is 1. The Kier molecular flexibility index (Phi) is 4.35. The molecule has 0 radical (unpaired) electrons. The SMILES string of the molecule is O=Cc1cccc(C(=O)c2c(F)c(F)c(C=O)c(F)c2F)c1F. The molecule has 0 atom stereocenters. The summed E-state index contributed by atoms with van der Waals surface area (Å²) in [5.41, 5.74) is -4.77. The van der Waals surface area contributed by atoms with Crippen molar-refractivity contribution in [2.45, 2.75) is 0 Å². The number of rotatable bonds is 4. The van der Waals surface area contributed by atoms with Crippen molar-refractivity contribution in [3.05, 3.63) is 69.5 Å². The zero-order valence-corrected chi connectivity index (χ0v) is 11.0. The fourth-order valence-corrected chi connectivity index (χ4v) is 1.90. The molecule has 0 aliphatic rings. The Hall–Kier alpha value is -2.90. The monoisotopic (exact) mass is 328 g/mol. The van der Waals surface area contributed by atoms with Gasteiger partial charge in [-0.1, -0.05) is 6.07 Å². The van der Waals surface area contributed by atoms with E-state index in [9.17, 15) is 36.3 Å². The van der Waals surface area contributed by atoms with Crippen LogP contribution >= 0.6 is 0 Å². The van der Waals surface area contributed by atoms with E-state index in [1.54, 1.807) is 0 Å². The van der Waals surface area contributed by atoms with Crippen LogP contribution in [0.5, 0.6) is 0 Å². The molecule has 23 heavy (non-hydrogen) atoms. The number of carbonyl (C=O) groups is 3. The van der Waals surface area contributed by atoms with Crippen LogP contribution in [0.4, 0.5) is 22.0 Å². The van der Waals surface area contributed by atoms with Crippen molar-refractivity contribution in [3.8, 4) is 0 Å². The molecule has 0 amide bonds. The molecule has 118 valence electrons. The third-order valence-corrected chi connectivity index (χ3v) is 3.04. The van der Waals surface area contributed by atoms with E-state index in [1.165, 1.54) is 0 Å². The molecule has 0 N–H and O–H groups in total. The van der Waals surface area contributed by atoms with Crippen LogP contribution in [0.25, 0.3) is 0 Å². The van der Waals surface area contributed by atoms with Crippen LogP contribution in [0.15, 0.2) is 18.2 Å². The first-order valence-corrected chi connectivity index (χ1v) is 5.94. The van der Waals surface area contributed by atoms with E-state index < -0.39 is 63.4 Å². The summed E-state index contributed by atoms with van der Waals surface area (Å²) in [5, 5.41) is 0. The summed E-state index contributed by atoms with van der Waals surface area (Å²) in [6, 6.07) is 2.82. The van der Waals surface area contributed by atoms with Crippen molar-refractivity contribution in [2.24, 2.45) is 0 Å². The third kappa shape index (κ3) is 2.52. The van der Waals surface area contributed by atoms with Gasteiger partial charge in [0.25, 0.3) is 0 Å². The van der Waals surface area contributed by atoms with Gasteiger partial charge in [-0.15, -0.1) is 0 Å². The summed E-state index contributed by atoms with van der Waals surface area (Å²) in [6.45, 7) is 0. The molecule has 0 aromatic heterocycles. The molecule has 0 aliphatic heterocycles. The van der Waals surface area contributed by atoms with Gasteiger partial charge in [-0.2, -0.15) is 0 Å². The van der Waals surface area contributed by atoms with Crippen molar-refractivity contribution >= 4 is 18.4 Å². The molecule has 0 bridgehead atoms. The summed E-state index contributed by atoms with van der Waals surface area (Å²) in [6.07, 6.45) is -0.409. The topological polar surface area (TPSA) is 51.2 Å². The smallest absolute Gasteiger partial charge is 0.202 e. The van der Waals surface area contributed by atoms with Crippen LogP contribution in [0.1, 0.15) is 36.6 Å². The highest BCUT2D eigenvalue weighted by Gasteiger charge is 2.31. The molecule has 0 heterocycles. The van der Waals surface area contributed by atoms with Crippen LogP contribution in [-0.4, -0.2) is 18.4 Å². The molecule has 0 saturated carbocycles. The van der Waals surface area contributed by atoms with E-state index in [0.717, 1.165) is 18.2 Å². The maximum atomic E-state index is 13.9. The average Bonchev–Trinajstić information content (AvgIpc) is 2.54. The highest BCUT2D eigenvalue weighted by molar-refractivity contribution is 6.10. The van der Waals surface area contributed by atoms with Gasteiger partial charge in [-0.25, -0.2) is 22.0 Å². The van der Waals surface area contributed by atoms with E-state index in [-0.39, 0.29) is 6.29 Å². The summed E-state index contributed by atoms with van der Waals surface area (Å²) >= 11 is 0. The average molecular weight is 328 g/mol. The Labute approximate surface area is 125 Å². The zero-order valence-electron chi connectivity index (χ0n) is 11.0. The molecular weight excluding hydrogens is 323 g/mol. The molecule has 2 aromatic carbocycles. The van der Waals surface area contributed by atoms with Gasteiger partial charge < -0.3 is 0 Å². The Morgan fingerprint density at radius 3 is 1.83 bits per heavy atom. The first kappa shape index (κ1) is 16.5. The van der Waals surface area contributed by atoms with E-state index in [4.69, 9.17) is 0 Å². The molecule has 2 rings (SSSR count). The Morgan fingerprint density at radius 2 is 1.35 bits per heavy atom. The number of carbonyl (C=O) groups excluding carboxylic acids is 3. The summed E-state index contributed by atoms with van der Waals surface area (Å²) in [7, 11) is 0. The van der Waals surface area contributed by atoms with Crippen molar-refractivity contribution in [1.29, 1.82) is 0 Å². The maximum absolute atomic E-state index is 13.9. The molecule has 3 nitrogen and oxygen atoms in total. The lowest BCUT2D eigenvalue weighted by Crippen LogP contribution is -2.15. The van der Waals surface area contributed by atoms with Crippen LogP contribution in [-0.2, 0) is 0 Å². The fourth-order valence-electron chi connectivity index (χ4n) is 1.90. The van der Waals surface area contributed by atoms with Gasteiger partial charge in [0, 0.05) is 0 Å². The normalized spacial score (nSPS) is 10.5. The lowest BCUT2D eigenvalue weighted by atomic mass is 9.98. The highest BCUT2D eigenvalue weighted by Crippen LogP contribution is 2.26. The lowest BCUT2D eigenvalue weighted by molar-refractivity contribution is 0.102. The van der Waals surface area contributed by atoms with E-state index in [1.807, 2.05) is 0 Å². The summed E-state index contributed by atoms with van der Waals surface area (Å²) < 4.78 is 68.5. The van der Waals surface area contributed by atoms with Crippen LogP contribution in [0, 0.1) is 29.1 Å². The second-order valence-electron chi connectivity index (χ2n) is 4.32. The van der Waals surface area contributed by atoms with E-state index in [0.29, 0.717) is 0 Å². The molecule has 0 fully saturated rings. The predicted molar refractivity (Wildman–Crippen MR) is 66.9 cm³/mol. The number of halogens is 5. The number of aldehydes is 2. The standard InChI is InChI=1S/C15H5F5O3/c16-10-6(4-21)2-1-3-7(10)15(23)9-13(19)11(17)8(5-22)12(18)14(9)20/h1-5H. The number of hydrogen-bond acceptors (Lipinski definition) is 3. The minimum absolute atomic E-state index is 0.0511. The highest BCUT2D eigenvalue weighted by atomic mass is 19.2. The lowest BCUT2D eigenvalue weighted by Gasteiger charge is -2.09. The minimum Gasteiger partial charge on any atom is -0.298 e. The third-order valence-electron chi connectivity index (χ3n) is 3.04. The molecule has 0 unspecified atom stereocenters. The minimum atomic E-state index is -2.13. The predicted octanol–water partition coefficient (Wildman–Crippen LogP) is 3.24. The van der Waals surface area contributed by atoms with Crippen LogP contribution < -0.4 is 0 Å². The van der Waals surface area contributed by atoms with Crippen LogP contribution in [0.2, 0.25) is 0 Å². The second-order valence-corrected chi connectivity index (χ2v) is 4.32. The number of benzene rings is 2. The zero-order chi connectivity index (χ0) is 17.3. The van der Waals surface area contributed by atoms with E-state index >= 15 is 0 Å². The molecule has 8 heteroatoms. The number of hydrogen-bond donors (Lipinski definition) is 0. The van der Waals surface area contributed by atoms with Crippen molar-refractivity contribution in [2.75, 3.05) is 0 Å². The molecule has 2 aromatic rings. The van der Waals surface area contributed by atoms with E-state index in [2.05, 4.69) is 0 Å². The van der Waals surface area contributed by atoms with Gasteiger partial charge in [0.15, 0.2) is 35.8 Å². The van der Waals surface area contributed by atoms with Gasteiger partial charge in [0.1, 0.15) is 11.4 Å². The summed E-state index contributed by atoms with van der Waals surface area (Å²) in [4.78, 5) is 33.1. The maximum Gasteiger partial charge on any atom is 0.202 e. The van der Waals surface area contributed by atoms with Gasteiger partial charge in [-0.05, 0) is 12.1 Å². The van der Waals surface area contributed by atoms with Crippen molar-refractivity contribution in [1.82, 2.24) is 0 Å². The fraction of sp³-hybridized carbons (Fsp3) is 0. The molecule has 0 spiro atoms. The summed E-state index contributed by atoms with van der Waals surface area (Å²) in [5.74, 6) is -11.5. The second kappa shape index (κ2) is 6.07.